The van der Waals surface area contributed by atoms with E-state index in [0.29, 0.717) is 6.61 Å². The zero-order chi connectivity index (χ0) is 10.8. The van der Waals surface area contributed by atoms with E-state index in [1.807, 2.05) is 18.2 Å². The Morgan fingerprint density at radius 3 is 3.13 bits per heavy atom. The Morgan fingerprint density at radius 1 is 1.60 bits per heavy atom. The molecule has 0 spiro atoms. The largest absolute Gasteiger partial charge is 0.383 e. The number of benzene rings is 1. The molecule has 3 nitrogen and oxygen atoms in total. The quantitative estimate of drug-likeness (QED) is 0.900. The third kappa shape index (κ3) is 2.29. The Kier molecular flexibility index (Phi) is 3.21. The van der Waals surface area contributed by atoms with Gasteiger partial charge in [-0.05, 0) is 18.2 Å². The maximum atomic E-state index is 5.90. The zero-order valence-corrected chi connectivity index (χ0v) is 9.81. The monoisotopic (exact) mass is 242 g/mol. The van der Waals surface area contributed by atoms with Gasteiger partial charge in [0, 0.05) is 12.1 Å². The van der Waals surface area contributed by atoms with Crippen LogP contribution in [0.5, 0.6) is 0 Å². The van der Waals surface area contributed by atoms with E-state index in [0.717, 1.165) is 20.2 Å². The fraction of sp³-hybridized carbons (Fsp3) is 0.300. The van der Waals surface area contributed by atoms with Crippen LogP contribution in [0.4, 0.5) is 0 Å². The number of aromatic nitrogens is 1. The van der Waals surface area contributed by atoms with Crippen LogP contribution in [0.2, 0.25) is 5.02 Å². The Hall–Kier alpha value is -0.680. The summed E-state index contributed by atoms with van der Waals surface area (Å²) in [5.74, 6) is 0. The highest BCUT2D eigenvalue weighted by Crippen LogP contribution is 2.27. The first kappa shape index (κ1) is 10.8. The van der Waals surface area contributed by atoms with E-state index in [1.54, 1.807) is 18.4 Å². The lowest BCUT2D eigenvalue weighted by Gasteiger charge is -2.04. The predicted molar refractivity (Wildman–Crippen MR) is 63.4 cm³/mol. The molecule has 1 unspecified atom stereocenters. The molecule has 1 aromatic heterocycles. The van der Waals surface area contributed by atoms with Gasteiger partial charge in [0.25, 0.3) is 0 Å². The summed E-state index contributed by atoms with van der Waals surface area (Å²) in [7, 11) is 1.63. The van der Waals surface area contributed by atoms with E-state index in [1.165, 1.54) is 0 Å². The second-order valence-electron chi connectivity index (χ2n) is 3.23. The van der Waals surface area contributed by atoms with Crippen LogP contribution in [0.3, 0.4) is 0 Å². The number of rotatable bonds is 3. The first-order chi connectivity index (χ1) is 7.20. The van der Waals surface area contributed by atoms with E-state index in [2.05, 4.69) is 4.98 Å². The molecule has 0 radical (unpaired) electrons. The Morgan fingerprint density at radius 2 is 2.40 bits per heavy atom. The molecule has 0 saturated heterocycles. The normalized spacial score (nSPS) is 13.3. The van der Waals surface area contributed by atoms with E-state index in [4.69, 9.17) is 22.1 Å². The van der Waals surface area contributed by atoms with Crippen molar-refractivity contribution in [2.45, 2.75) is 6.04 Å². The van der Waals surface area contributed by atoms with Gasteiger partial charge in [0.1, 0.15) is 5.01 Å². The van der Waals surface area contributed by atoms with E-state index in [9.17, 15) is 0 Å². The smallest absolute Gasteiger partial charge is 0.113 e. The number of nitrogens with zero attached hydrogens (tertiary/aromatic N) is 1. The number of nitrogens with two attached hydrogens (primary N) is 1. The van der Waals surface area contributed by atoms with Crippen LogP contribution in [0.25, 0.3) is 10.2 Å². The fourth-order valence-electron chi connectivity index (χ4n) is 1.33. The number of hydrogen-bond donors (Lipinski definition) is 1. The molecular weight excluding hydrogens is 232 g/mol. The highest BCUT2D eigenvalue weighted by Gasteiger charge is 2.11. The lowest BCUT2D eigenvalue weighted by Crippen LogP contribution is -2.15. The molecule has 0 aliphatic rings. The summed E-state index contributed by atoms with van der Waals surface area (Å²) in [6.45, 7) is 0.480. The molecule has 0 saturated carbocycles. The van der Waals surface area contributed by atoms with E-state index in [-0.39, 0.29) is 6.04 Å². The number of hydrogen-bond acceptors (Lipinski definition) is 4. The summed E-state index contributed by atoms with van der Waals surface area (Å²) in [5.41, 5.74) is 6.83. The Balaban J connectivity index is 2.38. The summed E-state index contributed by atoms with van der Waals surface area (Å²) in [6, 6.07) is 5.47. The molecular formula is C10H11ClN2OS. The first-order valence-corrected chi connectivity index (χ1v) is 5.70. The van der Waals surface area contributed by atoms with Crippen molar-refractivity contribution in [2.75, 3.05) is 13.7 Å². The molecule has 0 aliphatic heterocycles. The second kappa shape index (κ2) is 4.45. The van der Waals surface area contributed by atoms with Gasteiger partial charge in [-0.3, -0.25) is 0 Å². The molecule has 0 bridgehead atoms. The van der Waals surface area contributed by atoms with Crippen LogP contribution in [-0.4, -0.2) is 18.7 Å². The minimum atomic E-state index is -0.161. The SMILES string of the molecule is COCC(N)c1nc2ccc(Cl)cc2s1. The molecule has 0 aliphatic carbocycles. The maximum Gasteiger partial charge on any atom is 0.113 e. The summed E-state index contributed by atoms with van der Waals surface area (Å²) in [6.07, 6.45) is 0. The number of ether oxygens (including phenoxy) is 1. The van der Waals surface area contributed by atoms with Crippen molar-refractivity contribution in [3.05, 3.63) is 28.2 Å². The molecule has 2 aromatic rings. The summed E-state index contributed by atoms with van der Waals surface area (Å²) >= 11 is 7.45. The van der Waals surface area contributed by atoms with Gasteiger partial charge in [-0.15, -0.1) is 11.3 Å². The van der Waals surface area contributed by atoms with Crippen molar-refractivity contribution in [1.29, 1.82) is 0 Å². The fourth-order valence-corrected chi connectivity index (χ4v) is 2.56. The molecule has 1 atom stereocenters. The van der Waals surface area contributed by atoms with Gasteiger partial charge in [-0.2, -0.15) is 0 Å². The van der Waals surface area contributed by atoms with Gasteiger partial charge in [-0.1, -0.05) is 11.6 Å². The summed E-state index contributed by atoms with van der Waals surface area (Å²) in [5, 5.41) is 1.60. The molecule has 1 heterocycles. The van der Waals surface area contributed by atoms with Gasteiger partial charge in [-0.25, -0.2) is 4.98 Å². The first-order valence-electron chi connectivity index (χ1n) is 4.51. The minimum absolute atomic E-state index is 0.161. The number of methoxy groups -OCH3 is 1. The van der Waals surface area contributed by atoms with Gasteiger partial charge < -0.3 is 10.5 Å². The molecule has 80 valence electrons. The van der Waals surface area contributed by atoms with Crippen molar-refractivity contribution < 1.29 is 4.74 Å². The number of halogens is 1. The predicted octanol–water partition coefficient (Wildman–Crippen LogP) is 2.60. The Labute approximate surface area is 96.8 Å². The van der Waals surface area contributed by atoms with E-state index >= 15 is 0 Å². The van der Waals surface area contributed by atoms with Gasteiger partial charge in [0.15, 0.2) is 0 Å². The molecule has 15 heavy (non-hydrogen) atoms. The van der Waals surface area contributed by atoms with E-state index < -0.39 is 0 Å². The average molecular weight is 243 g/mol. The van der Waals surface area contributed by atoms with Crippen molar-refractivity contribution >= 4 is 33.2 Å². The molecule has 5 heteroatoms. The summed E-state index contributed by atoms with van der Waals surface area (Å²) < 4.78 is 6.05. The lowest BCUT2D eigenvalue weighted by molar-refractivity contribution is 0.181. The maximum absolute atomic E-state index is 5.90. The van der Waals surface area contributed by atoms with Crippen LogP contribution < -0.4 is 5.73 Å². The topological polar surface area (TPSA) is 48.1 Å². The van der Waals surface area contributed by atoms with Crippen molar-refractivity contribution in [1.82, 2.24) is 4.98 Å². The lowest BCUT2D eigenvalue weighted by atomic mass is 10.3. The summed E-state index contributed by atoms with van der Waals surface area (Å²) in [4.78, 5) is 4.43. The molecule has 0 fully saturated rings. The van der Waals surface area contributed by atoms with Crippen molar-refractivity contribution in [3.63, 3.8) is 0 Å². The third-order valence-electron chi connectivity index (χ3n) is 2.03. The average Bonchev–Trinajstić information content (AvgIpc) is 2.60. The van der Waals surface area contributed by atoms with Crippen LogP contribution in [-0.2, 0) is 4.74 Å². The molecule has 2 N–H and O–H groups in total. The van der Waals surface area contributed by atoms with Crippen LogP contribution in [0, 0.1) is 0 Å². The number of thiazole rings is 1. The van der Waals surface area contributed by atoms with Crippen LogP contribution in [0.15, 0.2) is 18.2 Å². The molecule has 2 rings (SSSR count). The van der Waals surface area contributed by atoms with Crippen LogP contribution >= 0.6 is 22.9 Å². The zero-order valence-electron chi connectivity index (χ0n) is 8.24. The van der Waals surface area contributed by atoms with Gasteiger partial charge in [0.2, 0.25) is 0 Å². The second-order valence-corrected chi connectivity index (χ2v) is 4.72. The highest BCUT2D eigenvalue weighted by atomic mass is 35.5. The molecule has 0 amide bonds. The Bertz CT molecular complexity index is 471. The standard InChI is InChI=1S/C10H11ClN2OS/c1-14-5-7(12)10-13-8-3-2-6(11)4-9(8)15-10/h2-4,7H,5,12H2,1H3. The number of fused-ring (bicyclic) bond motifs is 1. The van der Waals surface area contributed by atoms with Crippen molar-refractivity contribution in [2.24, 2.45) is 5.73 Å². The van der Waals surface area contributed by atoms with Crippen molar-refractivity contribution in [3.8, 4) is 0 Å². The minimum Gasteiger partial charge on any atom is -0.383 e. The van der Waals surface area contributed by atoms with Gasteiger partial charge >= 0.3 is 0 Å². The van der Waals surface area contributed by atoms with Crippen LogP contribution in [0.1, 0.15) is 11.0 Å². The highest BCUT2D eigenvalue weighted by molar-refractivity contribution is 7.18. The third-order valence-corrected chi connectivity index (χ3v) is 3.42. The molecule has 1 aromatic carbocycles. The van der Waals surface area contributed by atoms with Gasteiger partial charge in [0.05, 0.1) is 22.9 Å².